The minimum absolute atomic E-state index is 0.301. The van der Waals surface area contributed by atoms with Crippen LogP contribution in [-0.4, -0.2) is 16.1 Å². The van der Waals surface area contributed by atoms with Crippen LogP contribution in [-0.2, 0) is 6.54 Å². The smallest absolute Gasteiger partial charge is 0.251 e. The Balaban J connectivity index is 2.02. The van der Waals surface area contributed by atoms with E-state index >= 15 is 0 Å². The van der Waals surface area contributed by atoms with Crippen LogP contribution >= 0.6 is 0 Å². The van der Waals surface area contributed by atoms with E-state index in [1.807, 2.05) is 0 Å². The third kappa shape index (κ3) is 2.69. The Labute approximate surface area is 97.9 Å². The standard InChI is InChI=1S/C12H12FN3O/c1-8-2-3-10(4-11(8)13)12(17)14-5-9-6-15-16-7-9/h2-4,6-7H,5H2,1H3,(H,14,17)(H,15,16). The largest absolute Gasteiger partial charge is 0.348 e. The number of rotatable bonds is 3. The number of amides is 1. The second-order valence-electron chi connectivity index (χ2n) is 3.75. The molecule has 1 aromatic heterocycles. The Bertz CT molecular complexity index is 523. The van der Waals surface area contributed by atoms with E-state index in [0.717, 1.165) is 5.56 Å². The SMILES string of the molecule is Cc1ccc(C(=O)NCc2cn[nH]c2)cc1F. The molecule has 17 heavy (non-hydrogen) atoms. The van der Waals surface area contributed by atoms with Gasteiger partial charge in [0.15, 0.2) is 0 Å². The molecule has 0 saturated carbocycles. The fourth-order valence-corrected chi connectivity index (χ4v) is 1.39. The van der Waals surface area contributed by atoms with Gasteiger partial charge in [-0.05, 0) is 24.6 Å². The van der Waals surface area contributed by atoms with Gasteiger partial charge in [0, 0.05) is 23.9 Å². The van der Waals surface area contributed by atoms with Crippen LogP contribution < -0.4 is 5.32 Å². The van der Waals surface area contributed by atoms with Crippen LogP contribution in [0, 0.1) is 12.7 Å². The predicted octanol–water partition coefficient (Wildman–Crippen LogP) is 1.79. The first-order valence-electron chi connectivity index (χ1n) is 5.19. The number of aromatic amines is 1. The average Bonchev–Trinajstić information content (AvgIpc) is 2.82. The Morgan fingerprint density at radius 1 is 1.53 bits per heavy atom. The molecule has 0 atom stereocenters. The van der Waals surface area contributed by atoms with Crippen LogP contribution in [0.4, 0.5) is 4.39 Å². The van der Waals surface area contributed by atoms with E-state index in [2.05, 4.69) is 15.5 Å². The number of nitrogens with zero attached hydrogens (tertiary/aromatic N) is 1. The van der Waals surface area contributed by atoms with E-state index in [-0.39, 0.29) is 11.7 Å². The molecule has 2 aromatic rings. The van der Waals surface area contributed by atoms with Crippen molar-refractivity contribution in [2.75, 3.05) is 0 Å². The van der Waals surface area contributed by atoms with E-state index in [0.29, 0.717) is 17.7 Å². The summed E-state index contributed by atoms with van der Waals surface area (Å²) in [4.78, 5) is 11.7. The van der Waals surface area contributed by atoms with Crippen molar-refractivity contribution in [1.29, 1.82) is 0 Å². The van der Waals surface area contributed by atoms with Crippen LogP contribution in [0.15, 0.2) is 30.6 Å². The summed E-state index contributed by atoms with van der Waals surface area (Å²) >= 11 is 0. The number of hydrogen-bond donors (Lipinski definition) is 2. The van der Waals surface area contributed by atoms with Crippen molar-refractivity contribution in [2.45, 2.75) is 13.5 Å². The molecule has 88 valence electrons. The van der Waals surface area contributed by atoms with Crippen molar-refractivity contribution in [3.63, 3.8) is 0 Å². The third-order valence-corrected chi connectivity index (χ3v) is 2.44. The maximum Gasteiger partial charge on any atom is 0.251 e. The summed E-state index contributed by atoms with van der Waals surface area (Å²) in [5, 5.41) is 9.09. The lowest BCUT2D eigenvalue weighted by atomic mass is 10.1. The van der Waals surface area contributed by atoms with Crippen LogP contribution in [0.2, 0.25) is 0 Å². The minimum atomic E-state index is -0.374. The summed E-state index contributed by atoms with van der Waals surface area (Å²) in [6.45, 7) is 2.02. The van der Waals surface area contributed by atoms with Gasteiger partial charge in [-0.1, -0.05) is 6.07 Å². The van der Waals surface area contributed by atoms with Crippen molar-refractivity contribution < 1.29 is 9.18 Å². The molecule has 2 N–H and O–H groups in total. The number of H-pyrrole nitrogens is 1. The molecule has 4 nitrogen and oxygen atoms in total. The molecule has 5 heteroatoms. The number of carbonyl (C=O) groups is 1. The fraction of sp³-hybridized carbons (Fsp3) is 0.167. The molecule has 0 unspecified atom stereocenters. The van der Waals surface area contributed by atoms with Crippen LogP contribution in [0.5, 0.6) is 0 Å². The summed E-state index contributed by atoms with van der Waals surface area (Å²) in [6, 6.07) is 4.42. The molecular formula is C12H12FN3O. The number of benzene rings is 1. The topological polar surface area (TPSA) is 57.8 Å². The Morgan fingerprint density at radius 2 is 2.35 bits per heavy atom. The highest BCUT2D eigenvalue weighted by molar-refractivity contribution is 5.94. The molecule has 0 aliphatic rings. The van der Waals surface area contributed by atoms with Gasteiger partial charge in [-0.15, -0.1) is 0 Å². The first-order valence-corrected chi connectivity index (χ1v) is 5.19. The summed E-state index contributed by atoms with van der Waals surface area (Å²) < 4.78 is 13.3. The van der Waals surface area contributed by atoms with Gasteiger partial charge in [-0.25, -0.2) is 4.39 Å². The van der Waals surface area contributed by atoms with Crippen molar-refractivity contribution >= 4 is 5.91 Å². The van der Waals surface area contributed by atoms with Gasteiger partial charge in [-0.3, -0.25) is 9.89 Å². The molecular weight excluding hydrogens is 221 g/mol. The van der Waals surface area contributed by atoms with Gasteiger partial charge in [0.25, 0.3) is 5.91 Å². The second kappa shape index (κ2) is 4.78. The predicted molar refractivity (Wildman–Crippen MR) is 60.9 cm³/mol. The van der Waals surface area contributed by atoms with Crippen LogP contribution in [0.25, 0.3) is 0 Å². The Morgan fingerprint density at radius 3 is 3.00 bits per heavy atom. The lowest BCUT2D eigenvalue weighted by molar-refractivity contribution is 0.0950. The van der Waals surface area contributed by atoms with E-state index in [1.54, 1.807) is 31.5 Å². The summed E-state index contributed by atoms with van der Waals surface area (Å²) in [6.07, 6.45) is 3.31. The quantitative estimate of drug-likeness (QED) is 0.849. The molecule has 1 aromatic carbocycles. The molecule has 0 radical (unpaired) electrons. The summed E-state index contributed by atoms with van der Waals surface area (Å²) in [5.41, 5.74) is 1.71. The zero-order chi connectivity index (χ0) is 12.3. The summed E-state index contributed by atoms with van der Waals surface area (Å²) in [5.74, 6) is -0.675. The van der Waals surface area contributed by atoms with Gasteiger partial charge in [0.05, 0.1) is 6.20 Å². The highest BCUT2D eigenvalue weighted by Gasteiger charge is 2.07. The Kier molecular flexibility index (Phi) is 3.18. The molecule has 1 heterocycles. The van der Waals surface area contributed by atoms with Crippen LogP contribution in [0.3, 0.4) is 0 Å². The number of nitrogens with one attached hydrogen (secondary N) is 2. The van der Waals surface area contributed by atoms with Crippen molar-refractivity contribution in [3.05, 3.63) is 53.1 Å². The first-order chi connectivity index (χ1) is 8.16. The number of carbonyl (C=O) groups excluding carboxylic acids is 1. The lowest BCUT2D eigenvalue weighted by Crippen LogP contribution is -2.22. The van der Waals surface area contributed by atoms with Gasteiger partial charge < -0.3 is 5.32 Å². The normalized spacial score (nSPS) is 10.2. The van der Waals surface area contributed by atoms with Crippen LogP contribution in [0.1, 0.15) is 21.5 Å². The van der Waals surface area contributed by atoms with Gasteiger partial charge in [-0.2, -0.15) is 5.10 Å². The van der Waals surface area contributed by atoms with E-state index in [4.69, 9.17) is 0 Å². The molecule has 0 aliphatic heterocycles. The maximum atomic E-state index is 13.3. The first kappa shape index (κ1) is 11.3. The lowest BCUT2D eigenvalue weighted by Gasteiger charge is -2.04. The molecule has 2 rings (SSSR count). The van der Waals surface area contributed by atoms with Gasteiger partial charge in [0.2, 0.25) is 0 Å². The highest BCUT2D eigenvalue weighted by atomic mass is 19.1. The Hall–Kier alpha value is -2.17. The molecule has 0 fully saturated rings. The monoisotopic (exact) mass is 233 g/mol. The van der Waals surface area contributed by atoms with Crippen molar-refractivity contribution in [1.82, 2.24) is 15.5 Å². The second-order valence-corrected chi connectivity index (χ2v) is 3.75. The van der Waals surface area contributed by atoms with Crippen molar-refractivity contribution in [3.8, 4) is 0 Å². The maximum absolute atomic E-state index is 13.3. The number of aryl methyl sites for hydroxylation is 1. The van der Waals surface area contributed by atoms with Crippen molar-refractivity contribution in [2.24, 2.45) is 0 Å². The average molecular weight is 233 g/mol. The molecule has 0 saturated heterocycles. The number of aromatic nitrogens is 2. The highest BCUT2D eigenvalue weighted by Crippen LogP contribution is 2.09. The summed E-state index contributed by atoms with van der Waals surface area (Å²) in [7, 11) is 0. The number of halogens is 1. The molecule has 1 amide bonds. The fourth-order valence-electron chi connectivity index (χ4n) is 1.39. The van der Waals surface area contributed by atoms with E-state index in [1.165, 1.54) is 6.07 Å². The zero-order valence-corrected chi connectivity index (χ0v) is 9.33. The van der Waals surface area contributed by atoms with E-state index < -0.39 is 0 Å². The molecule has 0 spiro atoms. The van der Waals surface area contributed by atoms with Gasteiger partial charge >= 0.3 is 0 Å². The zero-order valence-electron chi connectivity index (χ0n) is 9.33. The number of hydrogen-bond acceptors (Lipinski definition) is 2. The third-order valence-electron chi connectivity index (χ3n) is 2.44. The molecule has 0 bridgehead atoms. The van der Waals surface area contributed by atoms with Gasteiger partial charge in [0.1, 0.15) is 5.82 Å². The molecule has 0 aliphatic carbocycles. The van der Waals surface area contributed by atoms with E-state index in [9.17, 15) is 9.18 Å². The minimum Gasteiger partial charge on any atom is -0.348 e.